The number of Topliss-reactive ketones (excluding diaryl/α,β-unsaturated/α-hetero) is 2. The maximum atomic E-state index is 10.4. The van der Waals surface area contributed by atoms with Gasteiger partial charge in [-0.25, -0.2) is 9.97 Å². The number of fused-ring (bicyclic) bond motifs is 2. The molecule has 5 aromatic rings. The number of aldehydes is 1. The quantitative estimate of drug-likeness (QED) is 0.0830. The van der Waals surface area contributed by atoms with Gasteiger partial charge in [-0.2, -0.15) is 0 Å². The topological polar surface area (TPSA) is 142 Å². The van der Waals surface area contributed by atoms with E-state index in [-0.39, 0.29) is 55.3 Å². The Bertz CT molecular complexity index is 1640. The van der Waals surface area contributed by atoms with Crippen LogP contribution in [0.15, 0.2) is 78.9 Å². The first-order valence-electron chi connectivity index (χ1n) is 13.2. The van der Waals surface area contributed by atoms with Gasteiger partial charge in [0.05, 0.1) is 43.4 Å². The van der Waals surface area contributed by atoms with Gasteiger partial charge in [0.25, 0.3) is 0 Å². The number of hydrogen-bond acceptors (Lipinski definition) is 9. The highest BCUT2D eigenvalue weighted by Gasteiger charge is 2.09. The van der Waals surface area contributed by atoms with E-state index in [1.165, 1.54) is 21.0 Å². The van der Waals surface area contributed by atoms with Crippen molar-refractivity contribution < 1.29 is 29.0 Å². The lowest BCUT2D eigenvalue weighted by molar-refractivity contribution is -0.134. The molecule has 2 aromatic heterocycles. The van der Waals surface area contributed by atoms with Crippen molar-refractivity contribution in [1.29, 1.82) is 0 Å². The molecule has 5 rings (SSSR count). The van der Waals surface area contributed by atoms with E-state index in [4.69, 9.17) is 25.2 Å². The van der Waals surface area contributed by atoms with E-state index in [1.54, 1.807) is 25.3 Å². The molecule has 3 aromatic carbocycles. The first-order valence-corrected chi connectivity index (χ1v) is 13.2. The standard InChI is InChI=1S/C20H16N2O2.C8H9NO2.C4H6O2.5CH4.B3/c1-24-18-7-3-5-14-9-11-17(22-20(14)18)16-10-8-13-4-2-6-15(12-23)19(13)21-16;1-11-7-4-2-3-6(5-10)8(7)9;1-3(5)4(2)6;;;;;;1-3-2/h2-11,23H,12H2,1H3;2-5H,9H2,1H3;1-2H3;5*1H4;. The molecule has 259 valence electrons. The summed E-state index contributed by atoms with van der Waals surface area (Å²) in [7, 11) is 13.2. The summed E-state index contributed by atoms with van der Waals surface area (Å²) in [6, 6.07) is 24.7. The van der Waals surface area contributed by atoms with E-state index < -0.39 is 0 Å². The minimum Gasteiger partial charge on any atom is -0.495 e. The molecule has 0 atom stereocenters. The number of carbonyl (C=O) groups is 3. The van der Waals surface area contributed by atoms with Crippen LogP contribution in [0, 0.1) is 0 Å². The summed E-state index contributed by atoms with van der Waals surface area (Å²) in [5, 5.41) is 11.6. The summed E-state index contributed by atoms with van der Waals surface area (Å²) < 4.78 is 10.3. The highest BCUT2D eigenvalue weighted by Crippen LogP contribution is 2.28. The summed E-state index contributed by atoms with van der Waals surface area (Å²) in [6.45, 7) is 2.47. The number of anilines is 1. The first kappa shape index (κ1) is 50.9. The number of benzene rings is 3. The Kier molecular flexibility index (Phi) is 27.1. The van der Waals surface area contributed by atoms with Crippen LogP contribution in [-0.2, 0) is 16.2 Å². The first-order chi connectivity index (χ1) is 21.1. The van der Waals surface area contributed by atoms with Crippen LogP contribution in [0.5, 0.6) is 11.5 Å². The number of pyridine rings is 2. The van der Waals surface area contributed by atoms with Crippen molar-refractivity contribution in [1.82, 2.24) is 9.97 Å². The second-order valence-electron chi connectivity index (χ2n) is 8.96. The van der Waals surface area contributed by atoms with E-state index in [0.29, 0.717) is 23.3 Å². The highest BCUT2D eigenvalue weighted by molar-refractivity contribution is 7.17. The maximum absolute atomic E-state index is 10.4. The Hall–Kier alpha value is -4.96. The molecule has 5 radical (unpaired) electrons. The minimum atomic E-state index is -0.380. The van der Waals surface area contributed by atoms with E-state index in [1.807, 2.05) is 60.7 Å². The number of para-hydroxylation sites is 3. The van der Waals surface area contributed by atoms with Gasteiger partial charge in [-0.15, -0.1) is 0 Å². The number of methoxy groups -OCH3 is 2. The fourth-order valence-corrected chi connectivity index (χ4v) is 3.75. The van der Waals surface area contributed by atoms with Gasteiger partial charge in [-0.3, -0.25) is 14.4 Å². The molecule has 0 spiro atoms. The Morgan fingerprint density at radius 2 is 1.16 bits per heavy atom. The Balaban J connectivity index is -0.000000344. The molecule has 12 heteroatoms. The van der Waals surface area contributed by atoms with Crippen LogP contribution in [0.3, 0.4) is 0 Å². The van der Waals surface area contributed by atoms with Crippen molar-refractivity contribution in [2.45, 2.75) is 57.6 Å². The van der Waals surface area contributed by atoms with Crippen molar-refractivity contribution >= 4 is 67.9 Å². The second kappa shape index (κ2) is 26.1. The zero-order valence-corrected chi connectivity index (χ0v) is 25.0. The number of aliphatic hydroxyl groups excluding tert-OH is 1. The van der Waals surface area contributed by atoms with Crippen molar-refractivity contribution in [3.8, 4) is 22.9 Å². The number of nitrogens with zero attached hydrogens (tertiary/aromatic N) is 2. The van der Waals surface area contributed by atoms with Crippen molar-refractivity contribution in [2.75, 3.05) is 20.0 Å². The summed E-state index contributed by atoms with van der Waals surface area (Å²) in [4.78, 5) is 39.4. The average molecular weight is 666 g/mol. The van der Waals surface area contributed by atoms with Crippen LogP contribution in [-0.4, -0.2) is 69.7 Å². The molecular weight excluding hydrogens is 615 g/mol. The molecule has 0 saturated heterocycles. The molecule has 0 amide bonds. The van der Waals surface area contributed by atoms with Gasteiger partial charge >= 0.3 is 0 Å². The van der Waals surface area contributed by atoms with Crippen LogP contribution >= 0.6 is 0 Å². The third kappa shape index (κ3) is 14.4. The molecule has 49 heavy (non-hydrogen) atoms. The molecule has 9 nitrogen and oxygen atoms in total. The van der Waals surface area contributed by atoms with E-state index >= 15 is 0 Å². The number of hydrogen-bond donors (Lipinski definition) is 2. The number of nitrogen functional groups attached to an aromatic ring is 1. The van der Waals surface area contributed by atoms with Gasteiger partial charge in [-0.05, 0) is 30.3 Å². The number of nitrogens with two attached hydrogens (primary N) is 1. The van der Waals surface area contributed by atoms with Crippen molar-refractivity contribution in [2.24, 2.45) is 0 Å². The van der Waals surface area contributed by atoms with Crippen LogP contribution in [0.25, 0.3) is 33.2 Å². The summed E-state index contributed by atoms with van der Waals surface area (Å²) in [6.07, 6.45) is 0.706. The predicted octanol–water partition coefficient (Wildman–Crippen LogP) is 7.24. The monoisotopic (exact) mass is 666 g/mol. The van der Waals surface area contributed by atoms with Crippen molar-refractivity contribution in [3.63, 3.8) is 0 Å². The van der Waals surface area contributed by atoms with Gasteiger partial charge < -0.3 is 20.3 Å². The van der Waals surface area contributed by atoms with E-state index in [0.717, 1.165) is 51.6 Å². The van der Waals surface area contributed by atoms with Gasteiger partial charge in [0.1, 0.15) is 17.0 Å². The fraction of sp³-hybridized carbons (Fsp3) is 0.270. The third-order valence-corrected chi connectivity index (χ3v) is 6.08. The number of aliphatic hydroxyl groups is 1. The molecule has 2 heterocycles. The number of ketones is 2. The van der Waals surface area contributed by atoms with Crippen LogP contribution in [0.4, 0.5) is 5.69 Å². The van der Waals surface area contributed by atoms with Crippen LogP contribution in [0.2, 0.25) is 0 Å². The molecular formula is C37H51B3N3O6. The Morgan fingerprint density at radius 1 is 0.735 bits per heavy atom. The normalized spacial score (nSPS) is 8.67. The Morgan fingerprint density at radius 3 is 1.61 bits per heavy atom. The lowest BCUT2D eigenvalue weighted by Gasteiger charge is -2.08. The maximum Gasteiger partial charge on any atom is 0.195 e. The summed E-state index contributed by atoms with van der Waals surface area (Å²) in [5.41, 5.74) is 10.4. The lowest BCUT2D eigenvalue weighted by atomic mass is 9.40. The summed E-state index contributed by atoms with van der Waals surface area (Å²) in [5.74, 6) is 0.519. The smallest absolute Gasteiger partial charge is 0.195 e. The lowest BCUT2D eigenvalue weighted by Crippen LogP contribution is -2.01. The molecule has 0 bridgehead atoms. The predicted molar refractivity (Wildman–Crippen MR) is 210 cm³/mol. The van der Waals surface area contributed by atoms with Crippen LogP contribution < -0.4 is 15.2 Å². The van der Waals surface area contributed by atoms with Crippen LogP contribution in [0.1, 0.15) is 66.9 Å². The number of rotatable bonds is 6. The third-order valence-electron chi connectivity index (χ3n) is 6.08. The molecule has 0 saturated carbocycles. The van der Waals surface area contributed by atoms with Crippen molar-refractivity contribution in [3.05, 3.63) is 90.0 Å². The SMILES string of the molecule is C.C.C.C.C.CC(=O)C(C)=O.COc1cccc(C=O)c1N.COc1cccc2ccc(-c3ccc4cccc(CO)c4n3)nc12.[B][B][B]. The van der Waals surface area contributed by atoms with E-state index in [9.17, 15) is 19.5 Å². The largest absolute Gasteiger partial charge is 0.495 e. The Labute approximate surface area is 296 Å². The number of carbonyl (C=O) groups excluding carboxylic acids is 3. The molecule has 3 N–H and O–H groups in total. The van der Waals surface area contributed by atoms with Gasteiger partial charge in [0.15, 0.2) is 17.9 Å². The summed E-state index contributed by atoms with van der Waals surface area (Å²) >= 11 is 0. The number of aromatic nitrogens is 2. The second-order valence-corrected chi connectivity index (χ2v) is 8.96. The zero-order valence-electron chi connectivity index (χ0n) is 25.0. The molecule has 0 aliphatic heterocycles. The number of ether oxygens (including phenoxy) is 2. The molecule has 0 fully saturated rings. The van der Waals surface area contributed by atoms with E-state index in [2.05, 4.69) is 15.5 Å². The molecule has 0 aliphatic carbocycles. The molecule has 0 unspecified atom stereocenters. The van der Waals surface area contributed by atoms with Gasteiger partial charge in [0, 0.05) is 58.3 Å². The minimum absolute atomic E-state index is 0. The zero-order chi connectivity index (χ0) is 32.6. The fourth-order valence-electron chi connectivity index (χ4n) is 3.75. The molecule has 0 aliphatic rings. The average Bonchev–Trinajstić information content (AvgIpc) is 3.04. The van der Waals surface area contributed by atoms with Gasteiger partial charge in [-0.1, -0.05) is 85.7 Å². The highest BCUT2D eigenvalue weighted by atomic mass is 16.5. The van der Waals surface area contributed by atoms with Gasteiger partial charge in [0.2, 0.25) is 0 Å².